The Bertz CT molecular complexity index is 662. The Kier molecular flexibility index (Phi) is 10.6. The van der Waals surface area contributed by atoms with Gasteiger partial charge in [-0.1, -0.05) is 46.0 Å². The van der Waals surface area contributed by atoms with Gasteiger partial charge in [-0.2, -0.15) is 0 Å². The maximum atomic E-state index is 5.94. The number of hydrogen-bond donors (Lipinski definition) is 1. The van der Waals surface area contributed by atoms with Crippen LogP contribution in [-0.2, 0) is 6.54 Å². The SMILES string of the molecule is CCCCCC(CC)NC(=S)N(Cc1ccc(OC)c(OC)c1OC)C1CCCC1. The van der Waals surface area contributed by atoms with Crippen molar-refractivity contribution in [3.05, 3.63) is 17.7 Å². The molecule has 30 heavy (non-hydrogen) atoms. The molecule has 0 spiro atoms. The first-order valence-electron chi connectivity index (χ1n) is 11.4. The summed E-state index contributed by atoms with van der Waals surface area (Å²) in [5, 5.41) is 4.54. The fourth-order valence-electron chi connectivity index (χ4n) is 4.33. The molecule has 170 valence electrons. The lowest BCUT2D eigenvalue weighted by Crippen LogP contribution is -2.48. The number of unbranched alkanes of at least 4 members (excludes halogenated alkanes) is 2. The Morgan fingerprint density at radius 3 is 2.33 bits per heavy atom. The molecule has 0 bridgehead atoms. The minimum Gasteiger partial charge on any atom is -0.493 e. The first-order chi connectivity index (χ1) is 14.6. The van der Waals surface area contributed by atoms with Crippen LogP contribution < -0.4 is 19.5 Å². The van der Waals surface area contributed by atoms with Crippen molar-refractivity contribution in [3.8, 4) is 17.2 Å². The average Bonchev–Trinajstić information content (AvgIpc) is 3.30. The van der Waals surface area contributed by atoms with E-state index < -0.39 is 0 Å². The van der Waals surface area contributed by atoms with E-state index in [4.69, 9.17) is 26.4 Å². The van der Waals surface area contributed by atoms with Crippen molar-refractivity contribution in [2.24, 2.45) is 0 Å². The third-order valence-electron chi connectivity index (χ3n) is 6.13. The van der Waals surface area contributed by atoms with Gasteiger partial charge < -0.3 is 24.4 Å². The van der Waals surface area contributed by atoms with Crippen LogP contribution in [-0.4, -0.2) is 43.4 Å². The molecule has 2 rings (SSSR count). The first kappa shape index (κ1) is 24.6. The van der Waals surface area contributed by atoms with E-state index in [2.05, 4.69) is 30.1 Å². The van der Waals surface area contributed by atoms with Crippen molar-refractivity contribution in [3.63, 3.8) is 0 Å². The summed E-state index contributed by atoms with van der Waals surface area (Å²) in [6, 6.07) is 4.90. The van der Waals surface area contributed by atoms with E-state index in [-0.39, 0.29) is 0 Å². The molecular formula is C24H40N2O3S. The summed E-state index contributed by atoms with van der Waals surface area (Å²) in [7, 11) is 4.97. The highest BCUT2D eigenvalue weighted by Gasteiger charge is 2.27. The fourth-order valence-corrected chi connectivity index (χ4v) is 4.71. The second-order valence-electron chi connectivity index (χ2n) is 8.11. The summed E-state index contributed by atoms with van der Waals surface area (Å²) in [5.74, 6) is 2.03. The van der Waals surface area contributed by atoms with Crippen LogP contribution >= 0.6 is 12.2 Å². The van der Waals surface area contributed by atoms with E-state index in [1.807, 2.05) is 6.07 Å². The van der Waals surface area contributed by atoms with E-state index >= 15 is 0 Å². The van der Waals surface area contributed by atoms with E-state index in [0.29, 0.717) is 30.1 Å². The highest BCUT2D eigenvalue weighted by molar-refractivity contribution is 7.80. The zero-order chi connectivity index (χ0) is 21.9. The van der Waals surface area contributed by atoms with Crippen molar-refractivity contribution in [2.45, 2.75) is 90.3 Å². The quantitative estimate of drug-likeness (QED) is 0.335. The number of thiocarbonyl (C=S) groups is 1. The van der Waals surface area contributed by atoms with Crippen LogP contribution in [0, 0.1) is 0 Å². The third-order valence-corrected chi connectivity index (χ3v) is 6.48. The first-order valence-corrected chi connectivity index (χ1v) is 11.8. The van der Waals surface area contributed by atoms with Gasteiger partial charge in [-0.25, -0.2) is 0 Å². The average molecular weight is 437 g/mol. The van der Waals surface area contributed by atoms with Gasteiger partial charge in [0.25, 0.3) is 0 Å². The molecule has 0 radical (unpaired) electrons. The molecule has 5 nitrogen and oxygen atoms in total. The highest BCUT2D eigenvalue weighted by atomic mass is 32.1. The summed E-state index contributed by atoms with van der Waals surface area (Å²) in [6.07, 6.45) is 10.9. The fraction of sp³-hybridized carbons (Fsp3) is 0.708. The number of ether oxygens (including phenoxy) is 3. The Balaban J connectivity index is 2.22. The summed E-state index contributed by atoms with van der Waals surface area (Å²) in [6.45, 7) is 5.19. The summed E-state index contributed by atoms with van der Waals surface area (Å²) in [4.78, 5) is 2.37. The van der Waals surface area contributed by atoms with Crippen LogP contribution in [0.5, 0.6) is 17.2 Å². The molecule has 0 aliphatic heterocycles. The topological polar surface area (TPSA) is 43.0 Å². The van der Waals surface area contributed by atoms with Crippen molar-refractivity contribution >= 4 is 17.3 Å². The zero-order valence-electron chi connectivity index (χ0n) is 19.5. The van der Waals surface area contributed by atoms with Crippen molar-refractivity contribution in [2.75, 3.05) is 21.3 Å². The number of nitrogens with zero attached hydrogens (tertiary/aromatic N) is 1. The second kappa shape index (κ2) is 12.9. The van der Waals surface area contributed by atoms with Gasteiger partial charge in [0.05, 0.1) is 21.3 Å². The molecule has 1 aromatic rings. The highest BCUT2D eigenvalue weighted by Crippen LogP contribution is 2.40. The van der Waals surface area contributed by atoms with Crippen LogP contribution in [0.1, 0.15) is 77.2 Å². The standard InChI is InChI=1S/C24H40N2O3S/c1-6-8-9-12-19(7-2)25-24(30)26(20-13-10-11-14-20)17-18-15-16-21(27-3)23(29-5)22(18)28-4/h15-16,19-20H,6-14,17H2,1-5H3,(H,25,30). The van der Waals surface area contributed by atoms with Crippen LogP contribution in [0.15, 0.2) is 12.1 Å². The molecule has 1 unspecified atom stereocenters. The Labute approximate surface area is 188 Å². The molecule has 0 amide bonds. The predicted molar refractivity (Wildman–Crippen MR) is 128 cm³/mol. The molecule has 0 aromatic heterocycles. The number of methoxy groups -OCH3 is 3. The van der Waals surface area contributed by atoms with Crippen molar-refractivity contribution in [1.82, 2.24) is 10.2 Å². The van der Waals surface area contributed by atoms with E-state index in [1.54, 1.807) is 21.3 Å². The molecule has 1 saturated carbocycles. The van der Waals surface area contributed by atoms with E-state index in [0.717, 1.165) is 22.8 Å². The largest absolute Gasteiger partial charge is 0.493 e. The van der Waals surface area contributed by atoms with Gasteiger partial charge in [-0.05, 0) is 50.0 Å². The summed E-state index contributed by atoms with van der Waals surface area (Å²) in [5.41, 5.74) is 1.06. The maximum absolute atomic E-state index is 5.94. The number of hydrogen-bond acceptors (Lipinski definition) is 4. The lowest BCUT2D eigenvalue weighted by atomic mass is 10.1. The van der Waals surface area contributed by atoms with Crippen molar-refractivity contribution in [1.29, 1.82) is 0 Å². The molecule has 1 aromatic carbocycles. The number of nitrogens with one attached hydrogen (secondary N) is 1. The van der Waals surface area contributed by atoms with Gasteiger partial charge in [-0.3, -0.25) is 0 Å². The molecule has 1 aliphatic rings. The summed E-state index contributed by atoms with van der Waals surface area (Å²) >= 11 is 5.94. The molecular weight excluding hydrogens is 396 g/mol. The lowest BCUT2D eigenvalue weighted by Gasteiger charge is -2.34. The third kappa shape index (κ3) is 6.40. The summed E-state index contributed by atoms with van der Waals surface area (Å²) < 4.78 is 16.8. The van der Waals surface area contributed by atoms with Gasteiger partial charge in [0.1, 0.15) is 0 Å². The molecule has 1 aliphatic carbocycles. The molecule has 1 N–H and O–H groups in total. The van der Waals surface area contributed by atoms with Crippen LogP contribution in [0.2, 0.25) is 0 Å². The lowest BCUT2D eigenvalue weighted by molar-refractivity contribution is 0.285. The van der Waals surface area contributed by atoms with E-state index in [1.165, 1.54) is 51.4 Å². The smallest absolute Gasteiger partial charge is 0.203 e. The van der Waals surface area contributed by atoms with Gasteiger partial charge in [0.15, 0.2) is 16.6 Å². The van der Waals surface area contributed by atoms with Crippen molar-refractivity contribution < 1.29 is 14.2 Å². The minimum atomic E-state index is 0.431. The minimum absolute atomic E-state index is 0.431. The molecule has 6 heteroatoms. The Morgan fingerprint density at radius 1 is 1.07 bits per heavy atom. The van der Waals surface area contributed by atoms with Crippen LogP contribution in [0.4, 0.5) is 0 Å². The maximum Gasteiger partial charge on any atom is 0.203 e. The van der Waals surface area contributed by atoms with Gasteiger partial charge in [-0.15, -0.1) is 0 Å². The normalized spacial score (nSPS) is 15.0. The molecule has 0 saturated heterocycles. The van der Waals surface area contributed by atoms with Gasteiger partial charge >= 0.3 is 0 Å². The zero-order valence-corrected chi connectivity index (χ0v) is 20.3. The second-order valence-corrected chi connectivity index (χ2v) is 8.50. The number of rotatable bonds is 12. The van der Waals surface area contributed by atoms with Crippen LogP contribution in [0.3, 0.4) is 0 Å². The van der Waals surface area contributed by atoms with Crippen LogP contribution in [0.25, 0.3) is 0 Å². The Hall–Kier alpha value is -1.69. The van der Waals surface area contributed by atoms with Gasteiger partial charge in [0, 0.05) is 24.2 Å². The van der Waals surface area contributed by atoms with Gasteiger partial charge in [0.2, 0.25) is 5.75 Å². The van der Waals surface area contributed by atoms with E-state index in [9.17, 15) is 0 Å². The Morgan fingerprint density at radius 2 is 1.77 bits per heavy atom. The monoisotopic (exact) mass is 436 g/mol. The molecule has 1 fully saturated rings. The molecule has 1 atom stereocenters. The number of benzene rings is 1. The molecule has 0 heterocycles. The predicted octanol–water partition coefficient (Wildman–Crippen LogP) is 5.69.